The molecule has 35 heavy (non-hydrogen) atoms. The number of carbonyl (C=O) groups excluding carboxylic acids is 1. The van der Waals surface area contributed by atoms with E-state index in [0.29, 0.717) is 30.2 Å². The monoisotopic (exact) mass is 492 g/mol. The van der Waals surface area contributed by atoms with E-state index in [0.717, 1.165) is 23.4 Å². The second-order valence-corrected chi connectivity index (χ2v) is 8.55. The summed E-state index contributed by atoms with van der Waals surface area (Å²) in [4.78, 5) is 25.5. The molecule has 0 unspecified atom stereocenters. The van der Waals surface area contributed by atoms with Crippen LogP contribution in [0.5, 0.6) is 5.75 Å². The Labute approximate surface area is 198 Å². The highest BCUT2D eigenvalue weighted by Gasteiger charge is 2.31. The smallest absolute Gasteiger partial charge is 0.416 e. The van der Waals surface area contributed by atoms with Gasteiger partial charge in [-0.25, -0.2) is 4.39 Å². The second-order valence-electron chi connectivity index (χ2n) is 8.55. The van der Waals surface area contributed by atoms with Gasteiger partial charge in [-0.15, -0.1) is 0 Å². The van der Waals surface area contributed by atoms with Crippen molar-refractivity contribution >= 4 is 22.8 Å². The van der Waals surface area contributed by atoms with Crippen molar-refractivity contribution < 1.29 is 37.0 Å². The number of benzene rings is 2. The summed E-state index contributed by atoms with van der Waals surface area (Å²) >= 11 is 0. The molecule has 0 aliphatic heterocycles. The summed E-state index contributed by atoms with van der Waals surface area (Å²) in [7, 11) is 0. The largest absolute Gasteiger partial charge is 0.492 e. The van der Waals surface area contributed by atoms with Crippen LogP contribution in [0, 0.1) is 5.82 Å². The van der Waals surface area contributed by atoms with Crippen molar-refractivity contribution in [1.29, 1.82) is 0 Å². The van der Waals surface area contributed by atoms with Crippen LogP contribution in [0.2, 0.25) is 0 Å². The van der Waals surface area contributed by atoms with E-state index in [1.165, 1.54) is 31.2 Å². The maximum atomic E-state index is 14.0. The van der Waals surface area contributed by atoms with Crippen LogP contribution in [-0.2, 0) is 35.2 Å². The fraction of sp³-hybridized carbons (Fsp3) is 0.360. The number of aliphatic carboxylic acids is 1. The van der Waals surface area contributed by atoms with E-state index < -0.39 is 23.5 Å². The van der Waals surface area contributed by atoms with Crippen molar-refractivity contribution in [2.75, 3.05) is 13.2 Å². The van der Waals surface area contributed by atoms with Crippen molar-refractivity contribution in [3.8, 4) is 5.75 Å². The number of hydrogen-bond donors (Lipinski definition) is 1. The van der Waals surface area contributed by atoms with Crippen LogP contribution >= 0.6 is 0 Å². The molecule has 4 rings (SSSR count). The lowest BCUT2D eigenvalue weighted by Gasteiger charge is -2.34. The summed E-state index contributed by atoms with van der Waals surface area (Å²) in [6, 6.07) is 8.40. The first-order chi connectivity index (χ1) is 16.5. The average molecular weight is 492 g/mol. The highest BCUT2D eigenvalue weighted by molar-refractivity contribution is 5.87. The Morgan fingerprint density at radius 3 is 2.51 bits per heavy atom. The fourth-order valence-corrected chi connectivity index (χ4v) is 4.78. The molecule has 1 aliphatic carbocycles. The molecule has 1 atom stereocenters. The van der Waals surface area contributed by atoms with Gasteiger partial charge in [0.05, 0.1) is 12.1 Å². The van der Waals surface area contributed by atoms with E-state index in [4.69, 9.17) is 4.74 Å². The molecule has 1 amide bonds. The first-order valence-corrected chi connectivity index (χ1v) is 11.1. The van der Waals surface area contributed by atoms with Gasteiger partial charge in [-0.2, -0.15) is 13.2 Å². The third-order valence-corrected chi connectivity index (χ3v) is 6.32. The lowest BCUT2D eigenvalue weighted by molar-refractivity contribution is -0.138. The Hall–Kier alpha value is -3.56. The van der Waals surface area contributed by atoms with Crippen LogP contribution < -0.4 is 4.74 Å². The Balaban J connectivity index is 1.50. The second kappa shape index (κ2) is 9.59. The van der Waals surface area contributed by atoms with E-state index in [1.54, 1.807) is 15.5 Å². The molecule has 6 nitrogen and oxygen atoms in total. The normalized spacial score (nSPS) is 15.6. The molecule has 0 saturated heterocycles. The standard InChI is InChI=1S/C25H24F4N2O4/c1-15(32)30(10-11-35-19-6-2-16(3-7-19)25(27,28)29)18-5-9-23-21(13-18)20-12-17(26)4-8-22(20)31(23)14-24(33)34/h2-4,6-8,12,18H,5,9-11,13-14H2,1H3,(H,33,34)/t18-/m0/s1. The molecular weight excluding hydrogens is 468 g/mol. The Morgan fingerprint density at radius 2 is 1.89 bits per heavy atom. The molecule has 0 spiro atoms. The molecular formula is C25H24F4N2O4. The summed E-state index contributed by atoms with van der Waals surface area (Å²) in [6.45, 7) is 1.50. The van der Waals surface area contributed by atoms with Crippen LogP contribution in [-0.4, -0.2) is 45.6 Å². The summed E-state index contributed by atoms with van der Waals surface area (Å²) in [5.41, 5.74) is 1.52. The van der Waals surface area contributed by atoms with E-state index in [9.17, 15) is 32.3 Å². The van der Waals surface area contributed by atoms with Gasteiger partial charge in [0, 0.05) is 29.6 Å². The van der Waals surface area contributed by atoms with Gasteiger partial charge in [0.15, 0.2) is 0 Å². The average Bonchev–Trinajstić information content (AvgIpc) is 3.08. The number of nitrogens with zero attached hydrogens (tertiary/aromatic N) is 2. The van der Waals surface area contributed by atoms with Crippen molar-refractivity contribution in [3.63, 3.8) is 0 Å². The van der Waals surface area contributed by atoms with Crippen LogP contribution in [0.1, 0.15) is 30.2 Å². The van der Waals surface area contributed by atoms with Gasteiger partial charge >= 0.3 is 12.1 Å². The molecule has 1 N–H and O–H groups in total. The minimum atomic E-state index is -4.43. The van der Waals surface area contributed by atoms with Gasteiger partial charge in [-0.1, -0.05) is 0 Å². The lowest BCUT2D eigenvalue weighted by atomic mass is 9.90. The third kappa shape index (κ3) is 5.26. The number of amides is 1. The molecule has 0 bridgehead atoms. The number of carbonyl (C=O) groups is 2. The molecule has 0 fully saturated rings. The topological polar surface area (TPSA) is 71.8 Å². The highest BCUT2D eigenvalue weighted by atomic mass is 19.4. The van der Waals surface area contributed by atoms with Crippen molar-refractivity contribution in [1.82, 2.24) is 9.47 Å². The molecule has 1 heterocycles. The number of rotatable bonds is 7. The van der Waals surface area contributed by atoms with Crippen LogP contribution in [0.3, 0.4) is 0 Å². The Kier molecular flexibility index (Phi) is 6.73. The van der Waals surface area contributed by atoms with Gasteiger partial charge < -0.3 is 19.3 Å². The lowest BCUT2D eigenvalue weighted by Crippen LogP contribution is -2.44. The third-order valence-electron chi connectivity index (χ3n) is 6.32. The minimum absolute atomic E-state index is 0.0870. The zero-order valence-corrected chi connectivity index (χ0v) is 18.9. The van der Waals surface area contributed by atoms with E-state index >= 15 is 0 Å². The molecule has 0 saturated carbocycles. The zero-order valence-electron chi connectivity index (χ0n) is 18.9. The molecule has 186 valence electrons. The summed E-state index contributed by atoms with van der Waals surface area (Å²) in [5, 5.41) is 9.98. The first kappa shape index (κ1) is 24.6. The minimum Gasteiger partial charge on any atom is -0.492 e. The molecule has 2 aromatic carbocycles. The van der Waals surface area contributed by atoms with Crippen LogP contribution in [0.4, 0.5) is 17.6 Å². The maximum absolute atomic E-state index is 14.0. The highest BCUT2D eigenvalue weighted by Crippen LogP contribution is 2.34. The Morgan fingerprint density at radius 1 is 1.17 bits per heavy atom. The van der Waals surface area contributed by atoms with Crippen LogP contribution in [0.25, 0.3) is 10.9 Å². The van der Waals surface area contributed by atoms with E-state index in [2.05, 4.69) is 0 Å². The number of halogens is 4. The molecule has 0 radical (unpaired) electrons. The molecule has 1 aromatic heterocycles. The van der Waals surface area contributed by atoms with Gasteiger partial charge in [-0.3, -0.25) is 9.59 Å². The zero-order chi connectivity index (χ0) is 25.3. The molecule has 3 aromatic rings. The quantitative estimate of drug-likeness (QED) is 0.487. The number of aromatic nitrogens is 1. The van der Waals surface area contributed by atoms with Gasteiger partial charge in [-0.05, 0) is 67.3 Å². The predicted molar refractivity (Wildman–Crippen MR) is 120 cm³/mol. The number of alkyl halides is 3. The molecule has 1 aliphatic rings. The van der Waals surface area contributed by atoms with Crippen molar-refractivity contribution in [2.24, 2.45) is 0 Å². The number of carboxylic acid groups (broad SMARTS) is 1. The fourth-order valence-electron chi connectivity index (χ4n) is 4.78. The SMILES string of the molecule is CC(=O)N(CCOc1ccc(C(F)(F)F)cc1)[C@H]1CCc2c(c3cc(F)ccc3n2CC(=O)O)C1. The number of carboxylic acids is 1. The number of fused-ring (bicyclic) bond motifs is 3. The van der Waals surface area contributed by atoms with E-state index in [-0.39, 0.29) is 37.4 Å². The van der Waals surface area contributed by atoms with Crippen LogP contribution in [0.15, 0.2) is 42.5 Å². The van der Waals surface area contributed by atoms with Gasteiger partial charge in [0.25, 0.3) is 0 Å². The Bertz CT molecular complexity index is 1250. The summed E-state index contributed by atoms with van der Waals surface area (Å²) in [5.74, 6) is -1.35. The number of ether oxygens (including phenoxy) is 1. The van der Waals surface area contributed by atoms with E-state index in [1.807, 2.05) is 0 Å². The van der Waals surface area contributed by atoms with Gasteiger partial charge in [0.1, 0.15) is 24.7 Å². The maximum Gasteiger partial charge on any atom is 0.416 e. The molecule has 10 heteroatoms. The first-order valence-electron chi connectivity index (χ1n) is 11.1. The number of hydrogen-bond acceptors (Lipinski definition) is 3. The summed E-state index contributed by atoms with van der Waals surface area (Å²) < 4.78 is 59.4. The predicted octanol–water partition coefficient (Wildman–Crippen LogP) is 4.67. The van der Waals surface area contributed by atoms with Crippen molar-refractivity contribution in [3.05, 3.63) is 65.1 Å². The summed E-state index contributed by atoms with van der Waals surface area (Å²) in [6.07, 6.45) is -2.89. The van der Waals surface area contributed by atoms with Gasteiger partial charge in [0.2, 0.25) is 5.91 Å². The van der Waals surface area contributed by atoms with Crippen molar-refractivity contribution in [2.45, 2.75) is 44.9 Å².